The van der Waals surface area contributed by atoms with Gasteiger partial charge in [0.05, 0.1) is 4.92 Å². The second-order valence-electron chi connectivity index (χ2n) is 2.22. The summed E-state index contributed by atoms with van der Waals surface area (Å²) in [7, 11) is 0. The number of hydrogen-bond acceptors (Lipinski definition) is 4. The number of nitro benzene ring substituents is 1. The maximum atomic E-state index is 11.1. The van der Waals surface area contributed by atoms with Crippen LogP contribution in [-0.2, 0) is 0 Å². The second kappa shape index (κ2) is 3.69. The van der Waals surface area contributed by atoms with E-state index in [0.29, 0.717) is 9.86 Å². The molecule has 0 spiro atoms. The Morgan fingerprint density at radius 3 is 2.54 bits per heavy atom. The zero-order valence-electron chi connectivity index (χ0n) is 6.19. The maximum Gasteiger partial charge on any atom is 0.263 e. The molecular formula is C7H3INO4-. The van der Waals surface area contributed by atoms with E-state index in [-0.39, 0.29) is 5.56 Å². The van der Waals surface area contributed by atoms with Crippen LogP contribution >= 0.6 is 22.6 Å². The van der Waals surface area contributed by atoms with Crippen molar-refractivity contribution in [1.29, 1.82) is 0 Å². The highest BCUT2D eigenvalue weighted by Crippen LogP contribution is 2.28. The summed E-state index contributed by atoms with van der Waals surface area (Å²) in [6, 6.07) is 2.44. The van der Waals surface area contributed by atoms with Crippen molar-refractivity contribution in [2.24, 2.45) is 0 Å². The van der Waals surface area contributed by atoms with Crippen molar-refractivity contribution >= 4 is 34.6 Å². The van der Waals surface area contributed by atoms with Gasteiger partial charge in [-0.25, -0.2) is 0 Å². The summed E-state index contributed by atoms with van der Waals surface area (Å²) in [5.41, 5.74) is -0.743. The van der Waals surface area contributed by atoms with E-state index in [4.69, 9.17) is 0 Å². The van der Waals surface area contributed by atoms with Crippen molar-refractivity contribution in [2.75, 3.05) is 0 Å². The summed E-state index contributed by atoms with van der Waals surface area (Å²) in [4.78, 5) is 19.9. The van der Waals surface area contributed by atoms with Gasteiger partial charge < -0.3 is 5.11 Å². The van der Waals surface area contributed by atoms with Crippen molar-refractivity contribution in [2.45, 2.75) is 0 Å². The van der Waals surface area contributed by atoms with E-state index in [0.717, 1.165) is 6.07 Å². The van der Waals surface area contributed by atoms with E-state index in [2.05, 4.69) is 0 Å². The Kier molecular flexibility index (Phi) is 2.81. The maximum absolute atomic E-state index is 11.1. The average molecular weight is 292 g/mol. The summed E-state index contributed by atoms with van der Waals surface area (Å²) in [6.45, 7) is 0. The smallest absolute Gasteiger partial charge is 0.263 e. The van der Waals surface area contributed by atoms with Crippen LogP contribution in [-0.4, -0.2) is 11.2 Å². The fourth-order valence-corrected chi connectivity index (χ4v) is 1.45. The number of rotatable bonds is 2. The fraction of sp³-hybridized carbons (Fsp3) is 0. The molecule has 0 radical (unpaired) electrons. The van der Waals surface area contributed by atoms with Gasteiger partial charge in [-0.1, -0.05) is 0 Å². The van der Waals surface area contributed by atoms with Crippen LogP contribution in [0.3, 0.4) is 0 Å². The largest absolute Gasteiger partial charge is 0.867 e. The van der Waals surface area contributed by atoms with Gasteiger partial charge >= 0.3 is 0 Å². The molecule has 0 aliphatic heterocycles. The lowest BCUT2D eigenvalue weighted by Crippen LogP contribution is -2.02. The minimum Gasteiger partial charge on any atom is -0.867 e. The molecule has 1 aromatic carbocycles. The number of benzene rings is 1. The number of nitro groups is 1. The lowest BCUT2D eigenvalue weighted by atomic mass is 10.2. The topological polar surface area (TPSA) is 83.3 Å². The molecule has 5 nitrogen and oxygen atoms in total. The van der Waals surface area contributed by atoms with Gasteiger partial charge in [0.15, 0.2) is 0 Å². The predicted octanol–water partition coefficient (Wildman–Crippen LogP) is 1.09. The Hall–Kier alpha value is -1.18. The van der Waals surface area contributed by atoms with E-state index in [9.17, 15) is 20.0 Å². The molecule has 0 heterocycles. The van der Waals surface area contributed by atoms with Gasteiger partial charge in [0.2, 0.25) is 0 Å². The zero-order valence-corrected chi connectivity index (χ0v) is 8.35. The first-order chi connectivity index (χ1) is 6.06. The van der Waals surface area contributed by atoms with Crippen molar-refractivity contribution < 1.29 is 14.8 Å². The molecule has 6 heteroatoms. The van der Waals surface area contributed by atoms with Crippen molar-refractivity contribution in [3.63, 3.8) is 0 Å². The third-order valence-electron chi connectivity index (χ3n) is 1.39. The van der Waals surface area contributed by atoms with Crippen LogP contribution in [0.25, 0.3) is 0 Å². The molecule has 0 N–H and O–H groups in total. The molecule has 0 aromatic heterocycles. The standard InChI is InChI=1S/C7H4INO4/c8-5-1-4(3-10)7(11)6(2-5)9(12)13/h1-3,11H/p-1. The monoisotopic (exact) mass is 292 g/mol. The highest BCUT2D eigenvalue weighted by Gasteiger charge is 2.10. The van der Waals surface area contributed by atoms with Crippen molar-refractivity contribution in [3.05, 3.63) is 31.4 Å². The molecule has 1 aromatic rings. The van der Waals surface area contributed by atoms with E-state index in [1.54, 1.807) is 22.6 Å². The third kappa shape index (κ3) is 1.94. The Morgan fingerprint density at radius 2 is 2.08 bits per heavy atom. The number of carbonyl (C=O) groups is 1. The number of halogens is 1. The normalized spacial score (nSPS) is 9.62. The Balaban J connectivity index is 3.44. The molecule has 0 amide bonds. The van der Waals surface area contributed by atoms with Crippen molar-refractivity contribution in [3.8, 4) is 5.75 Å². The predicted molar refractivity (Wildman–Crippen MR) is 50.6 cm³/mol. The highest BCUT2D eigenvalue weighted by atomic mass is 127. The van der Waals surface area contributed by atoms with Crippen LogP contribution < -0.4 is 5.11 Å². The zero-order chi connectivity index (χ0) is 10.0. The minimum absolute atomic E-state index is 0.182. The van der Waals surface area contributed by atoms with Gasteiger partial charge in [-0.2, -0.15) is 0 Å². The summed E-state index contributed by atoms with van der Waals surface area (Å²) in [6.07, 6.45) is 0.317. The lowest BCUT2D eigenvalue weighted by molar-refractivity contribution is -0.398. The Labute approximate surface area is 86.7 Å². The quantitative estimate of drug-likeness (QED) is 0.353. The van der Waals surface area contributed by atoms with Crippen LogP contribution in [0, 0.1) is 13.7 Å². The number of carbonyl (C=O) groups excluding carboxylic acids is 1. The van der Waals surface area contributed by atoms with Gasteiger partial charge in [-0.15, -0.1) is 0 Å². The van der Waals surface area contributed by atoms with Gasteiger partial charge in [-0.3, -0.25) is 14.9 Å². The number of hydrogen-bond donors (Lipinski definition) is 0. The first-order valence-electron chi connectivity index (χ1n) is 3.16. The van der Waals surface area contributed by atoms with E-state index >= 15 is 0 Å². The summed E-state index contributed by atoms with van der Waals surface area (Å²) in [5, 5.41) is 21.4. The molecule has 0 saturated carbocycles. The van der Waals surface area contributed by atoms with Crippen molar-refractivity contribution in [1.82, 2.24) is 0 Å². The fourth-order valence-electron chi connectivity index (χ4n) is 0.823. The molecule has 1 rings (SSSR count). The minimum atomic E-state index is -0.833. The van der Waals surface area contributed by atoms with Gasteiger partial charge in [0.1, 0.15) is 6.29 Å². The second-order valence-corrected chi connectivity index (χ2v) is 3.46. The molecule has 68 valence electrons. The summed E-state index contributed by atoms with van der Waals surface area (Å²) < 4.78 is 0.492. The molecule has 0 unspecified atom stereocenters. The Bertz CT molecular complexity index is 377. The molecule has 0 atom stereocenters. The molecule has 13 heavy (non-hydrogen) atoms. The molecule has 0 fully saturated rings. The van der Waals surface area contributed by atoms with Crippen LogP contribution in [0.2, 0.25) is 0 Å². The summed E-state index contributed by atoms with van der Waals surface area (Å²) >= 11 is 1.80. The van der Waals surface area contributed by atoms with Gasteiger partial charge in [-0.05, 0) is 34.4 Å². The Morgan fingerprint density at radius 1 is 1.46 bits per heavy atom. The van der Waals surface area contributed by atoms with E-state index < -0.39 is 16.4 Å². The first-order valence-corrected chi connectivity index (χ1v) is 4.24. The summed E-state index contributed by atoms with van der Waals surface area (Å²) in [5.74, 6) is -0.833. The van der Waals surface area contributed by atoms with E-state index in [1.165, 1.54) is 6.07 Å². The molecular weight excluding hydrogens is 289 g/mol. The molecule has 0 bridgehead atoms. The lowest BCUT2D eigenvalue weighted by Gasteiger charge is -2.09. The average Bonchev–Trinajstić information content (AvgIpc) is 2.08. The number of aldehydes is 1. The van der Waals surface area contributed by atoms with E-state index in [1.807, 2.05) is 0 Å². The first kappa shape index (κ1) is 9.90. The van der Waals surface area contributed by atoms with Gasteiger partial charge in [0.25, 0.3) is 5.69 Å². The van der Waals surface area contributed by atoms with Crippen LogP contribution in [0.15, 0.2) is 12.1 Å². The van der Waals surface area contributed by atoms with Gasteiger partial charge in [0, 0.05) is 15.2 Å². The third-order valence-corrected chi connectivity index (χ3v) is 2.01. The molecule has 0 aliphatic rings. The molecule has 0 aliphatic carbocycles. The van der Waals surface area contributed by atoms with Crippen LogP contribution in [0.5, 0.6) is 5.75 Å². The molecule has 0 saturated heterocycles. The van der Waals surface area contributed by atoms with Crippen LogP contribution in [0.1, 0.15) is 10.4 Å². The van der Waals surface area contributed by atoms with Crippen LogP contribution in [0.4, 0.5) is 5.69 Å². The SMILES string of the molecule is O=Cc1cc(I)cc([N+](=O)[O-])c1[O-]. The number of nitrogens with zero attached hydrogens (tertiary/aromatic N) is 1. The highest BCUT2D eigenvalue weighted by molar-refractivity contribution is 14.1.